The molecule has 1 heterocycles. The van der Waals surface area contributed by atoms with Crippen molar-refractivity contribution in [2.24, 2.45) is 0 Å². The van der Waals surface area contributed by atoms with Crippen LogP contribution in [0.5, 0.6) is 0 Å². The van der Waals surface area contributed by atoms with Gasteiger partial charge in [-0.15, -0.1) is 0 Å². The van der Waals surface area contributed by atoms with Crippen molar-refractivity contribution in [3.05, 3.63) is 35.6 Å². The lowest BCUT2D eigenvalue weighted by Gasteiger charge is -2.15. The molecule has 0 spiro atoms. The molecule has 1 aliphatic heterocycles. The Kier molecular flexibility index (Phi) is 3.58. The summed E-state index contributed by atoms with van der Waals surface area (Å²) in [5, 5.41) is 11.1. The zero-order valence-corrected chi connectivity index (χ0v) is 9.40. The van der Waals surface area contributed by atoms with E-state index in [0.717, 1.165) is 25.1 Å². The number of carboxylic acid groups (broad SMARTS) is 1. The monoisotopic (exact) mass is 238 g/mol. The maximum atomic E-state index is 12.7. The fourth-order valence-electron chi connectivity index (χ4n) is 2.12. The second-order valence-electron chi connectivity index (χ2n) is 4.30. The number of carbonyl (C=O) groups is 1. The van der Waals surface area contributed by atoms with E-state index >= 15 is 0 Å². The van der Waals surface area contributed by atoms with E-state index in [9.17, 15) is 9.18 Å². The lowest BCUT2D eigenvalue weighted by atomic mass is 10.2. The van der Waals surface area contributed by atoms with Gasteiger partial charge in [-0.25, -0.2) is 9.18 Å². The Hall–Kier alpha value is -1.62. The maximum Gasteiger partial charge on any atom is 0.404 e. The van der Waals surface area contributed by atoms with Crippen LogP contribution in [0.1, 0.15) is 12.0 Å². The molecule has 1 aliphatic rings. The second-order valence-corrected chi connectivity index (χ2v) is 4.30. The summed E-state index contributed by atoms with van der Waals surface area (Å²) in [7, 11) is 0. The minimum Gasteiger partial charge on any atom is -0.465 e. The number of halogens is 1. The van der Waals surface area contributed by atoms with Crippen LogP contribution in [0.4, 0.5) is 9.18 Å². The van der Waals surface area contributed by atoms with Gasteiger partial charge in [-0.1, -0.05) is 12.1 Å². The van der Waals surface area contributed by atoms with Gasteiger partial charge < -0.3 is 10.4 Å². The van der Waals surface area contributed by atoms with Crippen molar-refractivity contribution < 1.29 is 14.3 Å². The summed E-state index contributed by atoms with van der Waals surface area (Å²) in [4.78, 5) is 12.6. The number of hydrogen-bond donors (Lipinski definition) is 2. The average molecular weight is 238 g/mol. The first kappa shape index (κ1) is 11.9. The molecule has 1 amide bonds. The number of nitrogens with one attached hydrogen (secondary N) is 1. The summed E-state index contributed by atoms with van der Waals surface area (Å²) in [6.07, 6.45) is -0.147. The molecule has 0 saturated carbocycles. The highest BCUT2D eigenvalue weighted by Crippen LogP contribution is 2.13. The minimum absolute atomic E-state index is 0.00736. The number of hydrogen-bond acceptors (Lipinski definition) is 2. The van der Waals surface area contributed by atoms with Crippen molar-refractivity contribution in [3.63, 3.8) is 0 Å². The highest BCUT2D eigenvalue weighted by molar-refractivity contribution is 5.64. The van der Waals surface area contributed by atoms with Gasteiger partial charge in [-0.3, -0.25) is 4.90 Å². The Morgan fingerprint density at radius 1 is 1.47 bits per heavy atom. The Bertz CT molecular complexity index is 394. The third-order valence-electron chi connectivity index (χ3n) is 2.92. The topological polar surface area (TPSA) is 52.6 Å². The van der Waals surface area contributed by atoms with Gasteiger partial charge in [0.25, 0.3) is 0 Å². The lowest BCUT2D eigenvalue weighted by Crippen LogP contribution is -2.35. The highest BCUT2D eigenvalue weighted by atomic mass is 19.1. The first-order valence-electron chi connectivity index (χ1n) is 5.60. The third-order valence-corrected chi connectivity index (χ3v) is 2.92. The van der Waals surface area contributed by atoms with E-state index in [4.69, 9.17) is 5.11 Å². The fraction of sp³-hybridized carbons (Fsp3) is 0.417. The van der Waals surface area contributed by atoms with Crippen LogP contribution in [0.15, 0.2) is 24.3 Å². The van der Waals surface area contributed by atoms with E-state index < -0.39 is 6.09 Å². The molecule has 4 nitrogen and oxygen atoms in total. The van der Waals surface area contributed by atoms with Gasteiger partial charge in [0.05, 0.1) is 0 Å². The van der Waals surface area contributed by atoms with E-state index in [1.54, 1.807) is 12.1 Å². The van der Waals surface area contributed by atoms with Crippen LogP contribution < -0.4 is 5.32 Å². The van der Waals surface area contributed by atoms with Crippen LogP contribution in [0.3, 0.4) is 0 Å². The molecule has 1 aromatic carbocycles. The van der Waals surface area contributed by atoms with Crippen molar-refractivity contribution in [3.8, 4) is 0 Å². The quantitative estimate of drug-likeness (QED) is 0.842. The van der Waals surface area contributed by atoms with E-state index in [2.05, 4.69) is 10.2 Å². The van der Waals surface area contributed by atoms with Crippen LogP contribution in [-0.4, -0.2) is 35.2 Å². The summed E-state index contributed by atoms with van der Waals surface area (Å²) < 4.78 is 12.7. The predicted molar refractivity (Wildman–Crippen MR) is 61.2 cm³/mol. The van der Waals surface area contributed by atoms with Gasteiger partial charge in [0.15, 0.2) is 0 Å². The summed E-state index contributed by atoms with van der Waals surface area (Å²) in [5.41, 5.74) is 1.04. The van der Waals surface area contributed by atoms with Crippen molar-refractivity contribution in [1.29, 1.82) is 0 Å². The van der Waals surface area contributed by atoms with E-state index in [1.807, 2.05) is 0 Å². The van der Waals surface area contributed by atoms with Crippen molar-refractivity contribution in [1.82, 2.24) is 10.2 Å². The van der Waals surface area contributed by atoms with Crippen LogP contribution in [0, 0.1) is 5.82 Å². The molecule has 0 radical (unpaired) electrons. The van der Waals surface area contributed by atoms with Gasteiger partial charge in [0.1, 0.15) is 5.82 Å². The number of rotatable bonds is 3. The largest absolute Gasteiger partial charge is 0.465 e. The van der Waals surface area contributed by atoms with Crippen molar-refractivity contribution >= 4 is 6.09 Å². The molecule has 1 unspecified atom stereocenters. The normalized spacial score (nSPS) is 20.4. The SMILES string of the molecule is O=C(O)NC1CCN(Cc2ccc(F)cc2)C1. The molecular formula is C12H15FN2O2. The van der Waals surface area contributed by atoms with E-state index in [0.29, 0.717) is 6.54 Å². The first-order chi connectivity index (χ1) is 8.13. The Balaban J connectivity index is 1.85. The van der Waals surface area contributed by atoms with E-state index in [1.165, 1.54) is 12.1 Å². The van der Waals surface area contributed by atoms with Crippen LogP contribution in [0.2, 0.25) is 0 Å². The first-order valence-corrected chi connectivity index (χ1v) is 5.60. The maximum absolute atomic E-state index is 12.7. The number of benzene rings is 1. The Morgan fingerprint density at radius 2 is 2.18 bits per heavy atom. The van der Waals surface area contributed by atoms with Gasteiger partial charge in [0, 0.05) is 25.7 Å². The Labute approximate surface area is 99.0 Å². The van der Waals surface area contributed by atoms with Gasteiger partial charge in [-0.2, -0.15) is 0 Å². The van der Waals surface area contributed by atoms with Crippen LogP contribution in [-0.2, 0) is 6.54 Å². The molecule has 5 heteroatoms. The van der Waals surface area contributed by atoms with Gasteiger partial charge in [0.2, 0.25) is 0 Å². The molecule has 0 bridgehead atoms. The standard InChI is InChI=1S/C12H15FN2O2/c13-10-3-1-9(2-4-10)7-15-6-5-11(8-15)14-12(16)17/h1-4,11,14H,5-8H2,(H,16,17). The molecule has 0 aromatic heterocycles. The zero-order valence-electron chi connectivity index (χ0n) is 9.40. The summed E-state index contributed by atoms with van der Waals surface area (Å²) in [6.45, 7) is 2.31. The van der Waals surface area contributed by atoms with Gasteiger partial charge >= 0.3 is 6.09 Å². The second kappa shape index (κ2) is 5.14. The number of likely N-dealkylation sites (tertiary alicyclic amines) is 1. The van der Waals surface area contributed by atoms with Crippen molar-refractivity contribution in [2.75, 3.05) is 13.1 Å². The molecule has 2 rings (SSSR count). The highest BCUT2D eigenvalue weighted by Gasteiger charge is 2.23. The predicted octanol–water partition coefficient (Wildman–Crippen LogP) is 1.67. The molecule has 92 valence electrons. The third kappa shape index (κ3) is 3.42. The van der Waals surface area contributed by atoms with Gasteiger partial charge in [-0.05, 0) is 24.1 Å². The van der Waals surface area contributed by atoms with Crippen molar-refractivity contribution in [2.45, 2.75) is 19.0 Å². The lowest BCUT2D eigenvalue weighted by molar-refractivity contribution is 0.189. The molecule has 1 saturated heterocycles. The van der Waals surface area contributed by atoms with Crippen LogP contribution in [0.25, 0.3) is 0 Å². The molecular weight excluding hydrogens is 223 g/mol. The molecule has 2 N–H and O–H groups in total. The molecule has 17 heavy (non-hydrogen) atoms. The van der Waals surface area contributed by atoms with E-state index in [-0.39, 0.29) is 11.9 Å². The van der Waals surface area contributed by atoms with Crippen LogP contribution >= 0.6 is 0 Å². The smallest absolute Gasteiger partial charge is 0.404 e. The molecule has 1 atom stereocenters. The summed E-state index contributed by atoms with van der Waals surface area (Å²) >= 11 is 0. The Morgan fingerprint density at radius 3 is 2.82 bits per heavy atom. The minimum atomic E-state index is -0.973. The molecule has 1 fully saturated rings. The average Bonchev–Trinajstić information content (AvgIpc) is 2.68. The summed E-state index contributed by atoms with van der Waals surface area (Å²) in [5.74, 6) is -0.236. The number of amides is 1. The molecule has 0 aliphatic carbocycles. The molecule has 1 aromatic rings. The summed E-state index contributed by atoms with van der Waals surface area (Å²) in [6, 6.07) is 6.41. The number of nitrogens with zero attached hydrogens (tertiary/aromatic N) is 1. The fourth-order valence-corrected chi connectivity index (χ4v) is 2.12. The zero-order chi connectivity index (χ0) is 12.3.